The van der Waals surface area contributed by atoms with Crippen LogP contribution < -0.4 is 16.4 Å². The molecule has 21 heavy (non-hydrogen) atoms. The Labute approximate surface area is 125 Å². The molecule has 0 radical (unpaired) electrons. The van der Waals surface area contributed by atoms with Crippen molar-refractivity contribution in [3.05, 3.63) is 29.8 Å². The molecule has 4 N–H and O–H groups in total. The number of hydrogen-bond donors (Lipinski definition) is 3. The fraction of sp³-hybridized carbons (Fsp3) is 0.500. The van der Waals surface area contributed by atoms with Gasteiger partial charge in [0.25, 0.3) is 0 Å². The molecule has 0 heterocycles. The maximum absolute atomic E-state index is 11.9. The molecule has 1 aromatic carbocycles. The van der Waals surface area contributed by atoms with Crippen LogP contribution in [0, 0.1) is 0 Å². The van der Waals surface area contributed by atoms with E-state index in [1.165, 1.54) is 25.7 Å². The van der Waals surface area contributed by atoms with Crippen molar-refractivity contribution in [3.63, 3.8) is 0 Å². The maximum Gasteiger partial charge on any atom is 0.248 e. The van der Waals surface area contributed by atoms with Gasteiger partial charge in [-0.1, -0.05) is 25.7 Å². The predicted molar refractivity (Wildman–Crippen MR) is 83.1 cm³/mol. The summed E-state index contributed by atoms with van der Waals surface area (Å²) in [5, 5.41) is 6.13. The zero-order chi connectivity index (χ0) is 15.1. The van der Waals surface area contributed by atoms with Crippen LogP contribution in [0.25, 0.3) is 0 Å². The molecule has 1 aromatic rings. The zero-order valence-corrected chi connectivity index (χ0v) is 12.2. The molecular formula is C16H23N3O2. The molecule has 0 spiro atoms. The van der Waals surface area contributed by atoms with Crippen molar-refractivity contribution >= 4 is 17.5 Å². The highest BCUT2D eigenvalue weighted by Crippen LogP contribution is 2.17. The summed E-state index contributed by atoms with van der Waals surface area (Å²) in [6, 6.07) is 7.11. The molecule has 1 aliphatic rings. The minimum atomic E-state index is -0.451. The Balaban J connectivity index is 1.76. The molecule has 114 valence electrons. The van der Waals surface area contributed by atoms with Gasteiger partial charge in [0.1, 0.15) is 0 Å². The second-order valence-corrected chi connectivity index (χ2v) is 5.55. The van der Waals surface area contributed by atoms with Gasteiger partial charge in [-0.3, -0.25) is 9.59 Å². The van der Waals surface area contributed by atoms with Crippen molar-refractivity contribution < 1.29 is 9.59 Å². The van der Waals surface area contributed by atoms with Crippen molar-refractivity contribution in [2.24, 2.45) is 5.73 Å². The van der Waals surface area contributed by atoms with Gasteiger partial charge in [0.05, 0.1) is 6.54 Å². The van der Waals surface area contributed by atoms with Gasteiger partial charge < -0.3 is 16.4 Å². The van der Waals surface area contributed by atoms with E-state index < -0.39 is 5.91 Å². The van der Waals surface area contributed by atoms with Crippen LogP contribution in [0.1, 0.15) is 48.9 Å². The van der Waals surface area contributed by atoms with Gasteiger partial charge in [0, 0.05) is 17.3 Å². The number of carbonyl (C=O) groups is 2. The molecule has 1 aliphatic carbocycles. The van der Waals surface area contributed by atoms with Gasteiger partial charge >= 0.3 is 0 Å². The minimum absolute atomic E-state index is 0.0147. The lowest BCUT2D eigenvalue weighted by atomic mass is 10.1. The monoisotopic (exact) mass is 289 g/mol. The number of nitrogens with two attached hydrogens (primary N) is 1. The first-order chi connectivity index (χ1) is 10.1. The fourth-order valence-electron chi connectivity index (χ4n) is 2.64. The van der Waals surface area contributed by atoms with Crippen LogP contribution in [-0.2, 0) is 4.79 Å². The number of amides is 2. The number of anilines is 1. The second kappa shape index (κ2) is 7.67. The number of rotatable bonds is 5. The van der Waals surface area contributed by atoms with Crippen LogP contribution in [0.3, 0.4) is 0 Å². The van der Waals surface area contributed by atoms with Crippen LogP contribution in [0.4, 0.5) is 5.69 Å². The minimum Gasteiger partial charge on any atom is -0.376 e. The average molecular weight is 289 g/mol. The number of primary amides is 1. The van der Waals surface area contributed by atoms with E-state index in [0.29, 0.717) is 11.6 Å². The molecular weight excluding hydrogens is 266 g/mol. The van der Waals surface area contributed by atoms with Gasteiger partial charge in [-0.2, -0.15) is 0 Å². The number of nitrogens with one attached hydrogen (secondary N) is 2. The standard InChI is InChI=1S/C16H23N3O2/c17-16(21)12-7-9-13(10-8-12)18-11-15(20)19-14-5-3-1-2-4-6-14/h7-10,14,18H,1-6,11H2,(H2,17,21)(H,19,20). The summed E-state index contributed by atoms with van der Waals surface area (Å²) in [5.41, 5.74) is 6.44. The van der Waals surface area contributed by atoms with E-state index in [0.717, 1.165) is 18.5 Å². The Morgan fingerprint density at radius 1 is 1.05 bits per heavy atom. The first-order valence-electron chi connectivity index (χ1n) is 7.58. The molecule has 0 atom stereocenters. The lowest BCUT2D eigenvalue weighted by Gasteiger charge is -2.16. The Kier molecular flexibility index (Phi) is 5.60. The van der Waals surface area contributed by atoms with Crippen molar-refractivity contribution in [2.75, 3.05) is 11.9 Å². The molecule has 2 amide bonds. The van der Waals surface area contributed by atoms with Gasteiger partial charge in [-0.15, -0.1) is 0 Å². The van der Waals surface area contributed by atoms with E-state index in [1.54, 1.807) is 24.3 Å². The third-order valence-corrected chi connectivity index (χ3v) is 3.84. The SMILES string of the molecule is NC(=O)c1ccc(NCC(=O)NC2CCCCCC2)cc1. The van der Waals surface area contributed by atoms with Crippen LogP contribution in [0.5, 0.6) is 0 Å². The van der Waals surface area contributed by atoms with Crippen molar-refractivity contribution in [3.8, 4) is 0 Å². The molecule has 0 unspecified atom stereocenters. The van der Waals surface area contributed by atoms with Gasteiger partial charge in [0.15, 0.2) is 0 Å². The second-order valence-electron chi connectivity index (χ2n) is 5.55. The van der Waals surface area contributed by atoms with E-state index in [-0.39, 0.29) is 12.5 Å². The van der Waals surface area contributed by atoms with Crippen LogP contribution in [0.15, 0.2) is 24.3 Å². The molecule has 5 heteroatoms. The summed E-state index contributed by atoms with van der Waals surface area (Å²) in [4.78, 5) is 22.9. The smallest absolute Gasteiger partial charge is 0.248 e. The van der Waals surface area contributed by atoms with Crippen LogP contribution >= 0.6 is 0 Å². The molecule has 0 aliphatic heterocycles. The summed E-state index contributed by atoms with van der Waals surface area (Å²) in [7, 11) is 0. The normalized spacial score (nSPS) is 16.0. The van der Waals surface area contributed by atoms with Gasteiger partial charge in [0.2, 0.25) is 11.8 Å². The third-order valence-electron chi connectivity index (χ3n) is 3.84. The molecule has 0 bridgehead atoms. The molecule has 0 saturated heterocycles. The largest absolute Gasteiger partial charge is 0.376 e. The summed E-state index contributed by atoms with van der Waals surface area (Å²) in [5.74, 6) is -0.437. The Morgan fingerprint density at radius 3 is 2.24 bits per heavy atom. The zero-order valence-electron chi connectivity index (χ0n) is 12.2. The van der Waals surface area contributed by atoms with Gasteiger partial charge in [-0.05, 0) is 37.1 Å². The topological polar surface area (TPSA) is 84.2 Å². The van der Waals surface area contributed by atoms with E-state index in [2.05, 4.69) is 10.6 Å². The fourth-order valence-corrected chi connectivity index (χ4v) is 2.64. The molecule has 5 nitrogen and oxygen atoms in total. The lowest BCUT2D eigenvalue weighted by Crippen LogP contribution is -2.38. The highest BCUT2D eigenvalue weighted by Gasteiger charge is 2.14. The predicted octanol–water partition coefficient (Wildman–Crippen LogP) is 2.04. The average Bonchev–Trinajstić information content (AvgIpc) is 2.74. The van der Waals surface area contributed by atoms with Crippen molar-refractivity contribution in [1.82, 2.24) is 5.32 Å². The van der Waals surface area contributed by atoms with E-state index in [1.807, 2.05) is 0 Å². The Bertz CT molecular complexity index is 477. The van der Waals surface area contributed by atoms with E-state index in [9.17, 15) is 9.59 Å². The molecule has 2 rings (SSSR count). The quantitative estimate of drug-likeness (QED) is 0.725. The van der Waals surface area contributed by atoms with E-state index in [4.69, 9.17) is 5.73 Å². The first kappa shape index (κ1) is 15.4. The summed E-state index contributed by atoms with van der Waals surface area (Å²) in [6.07, 6.45) is 7.12. The molecule has 1 saturated carbocycles. The lowest BCUT2D eigenvalue weighted by molar-refractivity contribution is -0.120. The number of benzene rings is 1. The first-order valence-corrected chi connectivity index (χ1v) is 7.58. The molecule has 0 aromatic heterocycles. The number of carbonyl (C=O) groups excluding carboxylic acids is 2. The summed E-state index contributed by atoms with van der Waals surface area (Å²) in [6.45, 7) is 0.242. The summed E-state index contributed by atoms with van der Waals surface area (Å²) >= 11 is 0. The Morgan fingerprint density at radius 2 is 1.67 bits per heavy atom. The van der Waals surface area contributed by atoms with E-state index >= 15 is 0 Å². The third kappa shape index (κ3) is 5.10. The van der Waals surface area contributed by atoms with Crippen LogP contribution in [0.2, 0.25) is 0 Å². The Hall–Kier alpha value is -2.04. The van der Waals surface area contributed by atoms with Crippen molar-refractivity contribution in [2.45, 2.75) is 44.6 Å². The van der Waals surface area contributed by atoms with Crippen molar-refractivity contribution in [1.29, 1.82) is 0 Å². The number of hydrogen-bond acceptors (Lipinski definition) is 3. The highest BCUT2D eigenvalue weighted by atomic mass is 16.2. The van der Waals surface area contributed by atoms with Gasteiger partial charge in [-0.25, -0.2) is 0 Å². The van der Waals surface area contributed by atoms with Crippen LogP contribution in [-0.4, -0.2) is 24.4 Å². The molecule has 1 fully saturated rings. The maximum atomic E-state index is 11.9. The summed E-state index contributed by atoms with van der Waals surface area (Å²) < 4.78 is 0. The highest BCUT2D eigenvalue weighted by molar-refractivity contribution is 5.93.